The first-order valence-corrected chi connectivity index (χ1v) is 14.3. The van der Waals surface area contributed by atoms with Crippen molar-refractivity contribution in [2.75, 3.05) is 4.90 Å². The van der Waals surface area contributed by atoms with Crippen molar-refractivity contribution in [2.24, 2.45) is 0 Å². The number of phenols is 1. The van der Waals surface area contributed by atoms with Gasteiger partial charge in [-0.1, -0.05) is 42.5 Å². The number of aryl methyl sites for hydroxylation is 1. The molecule has 12 heteroatoms. The number of phenolic OH excluding ortho intramolecular Hbond substituents is 1. The number of carbonyl (C=O) groups excluding carboxylic acids is 2. The third kappa shape index (κ3) is 3.50. The monoisotopic (exact) mass is 620 g/mol. The molecule has 2 fully saturated rings. The van der Waals surface area contributed by atoms with E-state index in [9.17, 15) is 28.7 Å². The van der Waals surface area contributed by atoms with Crippen molar-refractivity contribution in [3.05, 3.63) is 122 Å². The molecule has 0 radical (unpaired) electrons. The lowest BCUT2D eigenvalue weighted by Gasteiger charge is -2.49. The van der Waals surface area contributed by atoms with E-state index < -0.39 is 50.7 Å². The molecule has 1 saturated carbocycles. The predicted octanol–water partition coefficient (Wildman–Crippen LogP) is 4.15. The average molecular weight is 621 g/mol. The van der Waals surface area contributed by atoms with E-state index in [0.29, 0.717) is 16.8 Å². The molecule has 4 aromatic rings. The number of allylic oxidation sites excluding steroid dienone is 2. The van der Waals surface area contributed by atoms with Gasteiger partial charge in [0.05, 0.1) is 24.0 Å². The van der Waals surface area contributed by atoms with Gasteiger partial charge in [-0.3, -0.25) is 9.59 Å². The summed E-state index contributed by atoms with van der Waals surface area (Å²) in [6.45, 7) is 1.65. The largest absolute Gasteiger partial charge is 0.507 e. The first-order chi connectivity index (χ1) is 20.5. The Morgan fingerprint density at radius 1 is 0.860 bits per heavy atom. The standard InChI is InChI=1S/C31H23Cl2FN4O5/c1-17-6-5-9-22(25(17)39)24-21-14-15-35-28(42)37(19-7-3-2-4-8-19)29(43)38(35)23(21)16-30(32)26(40)36(27(41)31(24,30)33)20-12-10-18(34)11-13-20/h2-14,23-24,39H,15-16H2,1H3/t23-,24-,30-,31+/m1/s1. The molecule has 4 atom stereocenters. The molecule has 0 unspecified atom stereocenters. The fourth-order valence-electron chi connectivity index (χ4n) is 6.72. The number of hydrogen-bond acceptors (Lipinski definition) is 5. The van der Waals surface area contributed by atoms with Gasteiger partial charge in [-0.2, -0.15) is 0 Å². The number of carbonyl (C=O) groups is 2. The summed E-state index contributed by atoms with van der Waals surface area (Å²) >= 11 is 14.6. The zero-order chi connectivity index (χ0) is 30.4. The Morgan fingerprint density at radius 2 is 1.56 bits per heavy atom. The van der Waals surface area contributed by atoms with E-state index in [1.165, 1.54) is 21.5 Å². The van der Waals surface area contributed by atoms with Crippen molar-refractivity contribution in [1.82, 2.24) is 13.9 Å². The summed E-state index contributed by atoms with van der Waals surface area (Å²) in [5, 5.41) is 11.3. The van der Waals surface area contributed by atoms with Gasteiger partial charge in [0.1, 0.15) is 11.6 Å². The van der Waals surface area contributed by atoms with Crippen LogP contribution in [0.2, 0.25) is 0 Å². The van der Waals surface area contributed by atoms with Crippen LogP contribution in [-0.2, 0) is 16.1 Å². The molecular formula is C31H23Cl2FN4O5. The molecule has 0 spiro atoms. The number of nitrogens with zero attached hydrogens (tertiary/aromatic N) is 4. The van der Waals surface area contributed by atoms with Crippen molar-refractivity contribution in [3.8, 4) is 11.4 Å². The third-order valence-electron chi connectivity index (χ3n) is 8.76. The number of para-hydroxylation sites is 2. The minimum absolute atomic E-state index is 0.0329. The molecule has 9 nitrogen and oxygen atoms in total. The van der Waals surface area contributed by atoms with Crippen LogP contribution in [0.3, 0.4) is 0 Å². The zero-order valence-corrected chi connectivity index (χ0v) is 24.1. The quantitative estimate of drug-likeness (QED) is 0.210. The smallest absolute Gasteiger partial charge is 0.352 e. The van der Waals surface area contributed by atoms with E-state index >= 15 is 0 Å². The van der Waals surface area contributed by atoms with Gasteiger partial charge in [0, 0.05) is 17.9 Å². The molecule has 1 aromatic heterocycles. The SMILES string of the molecule is Cc1cccc([C@H]2C3=CCn4c(=O)n(-c5ccccc5)c(=O)n4[C@@H]3C[C@@]3(Cl)C(=O)N(c4ccc(F)cc4)C(=O)[C@@]23Cl)c1O. The van der Waals surface area contributed by atoms with Gasteiger partial charge in [-0.25, -0.2) is 32.8 Å². The summed E-state index contributed by atoms with van der Waals surface area (Å²) in [4.78, 5) is 52.6. The third-order valence-corrected chi connectivity index (χ3v) is 10.2. The highest BCUT2D eigenvalue weighted by Gasteiger charge is 2.76. The number of anilines is 1. The molecule has 43 heavy (non-hydrogen) atoms. The normalized spacial score (nSPS) is 26.1. The van der Waals surface area contributed by atoms with Gasteiger partial charge in [-0.15, -0.1) is 23.2 Å². The molecule has 2 aliphatic heterocycles. The lowest BCUT2D eigenvalue weighted by atomic mass is 9.64. The van der Waals surface area contributed by atoms with Crippen LogP contribution in [0.4, 0.5) is 10.1 Å². The predicted molar refractivity (Wildman–Crippen MR) is 158 cm³/mol. The highest BCUT2D eigenvalue weighted by molar-refractivity contribution is 6.58. The molecule has 218 valence electrons. The Hall–Kier alpha value is -4.41. The molecule has 3 aliphatic rings. The van der Waals surface area contributed by atoms with Crippen LogP contribution in [0.5, 0.6) is 5.75 Å². The number of imide groups is 1. The van der Waals surface area contributed by atoms with Gasteiger partial charge < -0.3 is 5.11 Å². The van der Waals surface area contributed by atoms with Crippen molar-refractivity contribution >= 4 is 40.7 Å². The summed E-state index contributed by atoms with van der Waals surface area (Å²) in [5.74, 6) is -3.59. The number of alkyl halides is 2. The number of rotatable bonds is 3. The van der Waals surface area contributed by atoms with E-state index in [1.807, 2.05) is 0 Å². The summed E-state index contributed by atoms with van der Waals surface area (Å²) in [7, 11) is 0. The Kier molecular flexibility index (Phi) is 5.93. The van der Waals surface area contributed by atoms with E-state index in [4.69, 9.17) is 23.2 Å². The van der Waals surface area contributed by atoms with Crippen LogP contribution in [0.1, 0.15) is 29.5 Å². The molecule has 3 heterocycles. The van der Waals surface area contributed by atoms with Gasteiger partial charge in [0.2, 0.25) is 0 Å². The lowest BCUT2D eigenvalue weighted by molar-refractivity contribution is -0.122. The Balaban J connectivity index is 1.49. The van der Waals surface area contributed by atoms with Crippen LogP contribution in [-0.4, -0.2) is 40.6 Å². The maximum atomic E-state index is 14.3. The fraction of sp³-hybridized carbons (Fsp3) is 0.226. The van der Waals surface area contributed by atoms with E-state index in [0.717, 1.165) is 21.6 Å². The topological polar surface area (TPSA) is 107 Å². The number of hydrogen-bond donors (Lipinski definition) is 1. The number of aromatic nitrogens is 3. The second kappa shape index (κ2) is 9.29. The molecule has 2 amide bonds. The van der Waals surface area contributed by atoms with Gasteiger partial charge in [0.15, 0.2) is 9.75 Å². The summed E-state index contributed by atoms with van der Waals surface area (Å²) in [5.41, 5.74) is 0.375. The average Bonchev–Trinajstić information content (AvgIpc) is 3.34. The van der Waals surface area contributed by atoms with E-state index in [-0.39, 0.29) is 30.0 Å². The molecule has 7 rings (SSSR count). The van der Waals surface area contributed by atoms with Crippen LogP contribution >= 0.6 is 23.2 Å². The van der Waals surface area contributed by atoms with Gasteiger partial charge in [-0.05, 0) is 54.5 Å². The maximum absolute atomic E-state index is 14.3. The number of amides is 2. The molecule has 1 N–H and O–H groups in total. The number of benzene rings is 3. The Bertz CT molecular complexity index is 2000. The first-order valence-electron chi connectivity index (χ1n) is 13.5. The van der Waals surface area contributed by atoms with Gasteiger partial charge in [0.25, 0.3) is 11.8 Å². The fourth-order valence-corrected chi connectivity index (χ4v) is 7.63. The van der Waals surface area contributed by atoms with Gasteiger partial charge >= 0.3 is 11.4 Å². The Labute approximate surface area is 253 Å². The van der Waals surface area contributed by atoms with Crippen molar-refractivity contribution in [2.45, 2.75) is 41.6 Å². The highest BCUT2D eigenvalue weighted by atomic mass is 35.5. The summed E-state index contributed by atoms with van der Waals surface area (Å²) in [6, 6.07) is 17.2. The maximum Gasteiger partial charge on any atom is 0.352 e. The number of aromatic hydroxyl groups is 1. The second-order valence-corrected chi connectivity index (χ2v) is 12.2. The molecule has 1 saturated heterocycles. The summed E-state index contributed by atoms with van der Waals surface area (Å²) in [6.07, 6.45) is 1.39. The lowest BCUT2D eigenvalue weighted by Crippen LogP contribution is -2.59. The van der Waals surface area contributed by atoms with Crippen molar-refractivity contribution in [1.29, 1.82) is 0 Å². The summed E-state index contributed by atoms with van der Waals surface area (Å²) < 4.78 is 17.3. The minimum Gasteiger partial charge on any atom is -0.507 e. The van der Waals surface area contributed by atoms with Crippen molar-refractivity contribution < 1.29 is 19.1 Å². The first kappa shape index (κ1) is 27.4. The zero-order valence-electron chi connectivity index (χ0n) is 22.6. The number of fused-ring (bicyclic) bond motifs is 4. The molecule has 1 aliphatic carbocycles. The van der Waals surface area contributed by atoms with Crippen LogP contribution in [0.25, 0.3) is 5.69 Å². The minimum atomic E-state index is -2.15. The second-order valence-electron chi connectivity index (χ2n) is 11.0. The number of halogens is 3. The molecule has 3 aromatic carbocycles. The van der Waals surface area contributed by atoms with E-state index in [1.54, 1.807) is 61.5 Å². The molecular weight excluding hydrogens is 598 g/mol. The van der Waals surface area contributed by atoms with E-state index in [2.05, 4.69) is 0 Å². The van der Waals surface area contributed by atoms with Crippen LogP contribution < -0.4 is 16.3 Å². The van der Waals surface area contributed by atoms with Crippen molar-refractivity contribution in [3.63, 3.8) is 0 Å². The Morgan fingerprint density at radius 3 is 2.26 bits per heavy atom. The van der Waals surface area contributed by atoms with Crippen LogP contribution in [0.15, 0.2) is 94.0 Å². The molecule has 0 bridgehead atoms. The highest BCUT2D eigenvalue weighted by Crippen LogP contribution is 2.64. The van der Waals surface area contributed by atoms with Crippen LogP contribution in [0, 0.1) is 12.7 Å².